The number of hydrogen-bond acceptors (Lipinski definition) is 5. The van der Waals surface area contributed by atoms with Crippen molar-refractivity contribution in [2.75, 3.05) is 0 Å². The van der Waals surface area contributed by atoms with Crippen molar-refractivity contribution >= 4 is 23.9 Å². The summed E-state index contributed by atoms with van der Waals surface area (Å²) >= 11 is 0. The number of carboxylic acid groups (broad SMARTS) is 4. The molecule has 0 saturated heterocycles. The quantitative estimate of drug-likeness (QED) is 0.0767. The van der Waals surface area contributed by atoms with E-state index in [2.05, 4.69) is 0 Å². The average Bonchev–Trinajstić information content (AvgIpc) is 3.14. The van der Waals surface area contributed by atoms with E-state index in [1.807, 2.05) is 0 Å². The molecule has 0 aromatic heterocycles. The number of aliphatic carboxylic acids is 4. The minimum Gasteiger partial charge on any atom is -0.481 e. The third kappa shape index (κ3) is 14.3. The number of carbonyl (C=O) groups is 4. The number of hydrogen-bond donors (Lipinski definition) is 5. The summed E-state index contributed by atoms with van der Waals surface area (Å²) in [6.45, 7) is 0. The first-order valence-electron chi connectivity index (χ1n) is 21.2. The topological polar surface area (TPSA) is 175 Å². The van der Waals surface area contributed by atoms with E-state index in [-0.39, 0.29) is 0 Å². The summed E-state index contributed by atoms with van der Waals surface area (Å²) in [4.78, 5) is 41.9. The monoisotopic (exact) mass is 720 g/mol. The fraction of sp³-hybridized carbons (Fsp3) is 0.905. The Labute approximate surface area is 308 Å². The normalized spacial score (nSPS) is 21.9. The number of rotatable bonds is 20. The van der Waals surface area contributed by atoms with Crippen LogP contribution >= 0.6 is 0 Å². The lowest BCUT2D eigenvalue weighted by atomic mass is 9.50. The van der Waals surface area contributed by atoms with E-state index in [9.17, 15) is 19.2 Å². The zero-order valence-electron chi connectivity index (χ0n) is 31.8. The van der Waals surface area contributed by atoms with Crippen molar-refractivity contribution < 1.29 is 39.6 Å². The Morgan fingerprint density at radius 2 is 0.824 bits per heavy atom. The van der Waals surface area contributed by atoms with Crippen LogP contribution in [-0.2, 0) is 19.2 Å². The molecule has 51 heavy (non-hydrogen) atoms. The largest absolute Gasteiger partial charge is 0.481 e. The van der Waals surface area contributed by atoms with Crippen LogP contribution in [0.25, 0.3) is 0 Å². The summed E-state index contributed by atoms with van der Waals surface area (Å²) in [5.41, 5.74) is 7.30. The molecule has 0 radical (unpaired) electrons. The number of unbranched alkanes of at least 4 members (excludes halogenated alkanes) is 5. The summed E-state index contributed by atoms with van der Waals surface area (Å²) in [5, 5.41) is 34.1. The van der Waals surface area contributed by atoms with Crippen molar-refractivity contribution in [2.24, 2.45) is 46.7 Å². The Bertz CT molecular complexity index is 946. The van der Waals surface area contributed by atoms with E-state index in [1.54, 1.807) is 44.9 Å². The molecule has 0 bridgehead atoms. The average molecular weight is 720 g/mol. The molecule has 0 aromatic carbocycles. The molecular formula is C42H73NO8. The Kier molecular flexibility index (Phi) is 19.9. The Balaban J connectivity index is 0.000000371. The molecular weight excluding hydrogens is 646 g/mol. The molecule has 9 nitrogen and oxygen atoms in total. The second-order valence-electron chi connectivity index (χ2n) is 16.9. The third-order valence-electron chi connectivity index (χ3n) is 13.7. The minimum absolute atomic E-state index is 0.498. The molecule has 0 spiro atoms. The van der Waals surface area contributed by atoms with Crippen molar-refractivity contribution in [2.45, 2.75) is 199 Å². The standard InChI is InChI=1S/C34H63N.C8H10O8/c35-33(29-19-9-5-10-20-29)27-17-3-1-2-4-18-28-34(30-21-11-6-12-22-30,31-23-13-7-14-24-31)32-25-15-8-16-26-32;9-5(10)1-3(7(13)14)4(8(15)16)2-6(11)12/h29-33H,1-28,35H2;3-4H,1-2H2,(H,9,10)(H,11,12)(H,13,14)(H,15,16). The van der Waals surface area contributed by atoms with Gasteiger partial charge in [0, 0.05) is 6.04 Å². The first kappa shape index (κ1) is 43.2. The van der Waals surface area contributed by atoms with Crippen molar-refractivity contribution in [3.05, 3.63) is 0 Å². The van der Waals surface area contributed by atoms with Gasteiger partial charge in [0.1, 0.15) is 0 Å². The third-order valence-corrected chi connectivity index (χ3v) is 13.7. The van der Waals surface area contributed by atoms with Gasteiger partial charge in [-0.25, -0.2) is 0 Å². The fourth-order valence-electron chi connectivity index (χ4n) is 11.0. The van der Waals surface area contributed by atoms with Crippen LogP contribution in [-0.4, -0.2) is 50.3 Å². The molecule has 294 valence electrons. The molecule has 4 aliphatic carbocycles. The highest BCUT2D eigenvalue weighted by molar-refractivity contribution is 5.86. The molecule has 3 unspecified atom stereocenters. The van der Waals surface area contributed by atoms with Gasteiger partial charge in [-0.05, 0) is 93.3 Å². The van der Waals surface area contributed by atoms with Gasteiger partial charge in [-0.3, -0.25) is 19.2 Å². The summed E-state index contributed by atoms with van der Waals surface area (Å²) in [6, 6.07) is 0.498. The number of carboxylic acids is 4. The van der Waals surface area contributed by atoms with Crippen LogP contribution in [0.4, 0.5) is 0 Å². The smallest absolute Gasteiger partial charge is 0.307 e. The van der Waals surface area contributed by atoms with Crippen LogP contribution in [0.2, 0.25) is 0 Å². The lowest BCUT2D eigenvalue weighted by Crippen LogP contribution is -2.47. The summed E-state index contributed by atoms with van der Waals surface area (Å²) in [7, 11) is 0. The van der Waals surface area contributed by atoms with Crippen molar-refractivity contribution in [1.29, 1.82) is 0 Å². The van der Waals surface area contributed by atoms with Crippen molar-refractivity contribution in [1.82, 2.24) is 0 Å². The van der Waals surface area contributed by atoms with Gasteiger partial charge in [-0.2, -0.15) is 0 Å². The molecule has 0 aromatic rings. The molecule has 0 aliphatic heterocycles. The van der Waals surface area contributed by atoms with E-state index in [1.165, 1.54) is 135 Å². The van der Waals surface area contributed by atoms with Crippen LogP contribution < -0.4 is 5.73 Å². The first-order chi connectivity index (χ1) is 24.6. The maximum Gasteiger partial charge on any atom is 0.307 e. The van der Waals surface area contributed by atoms with Crippen LogP contribution in [0.15, 0.2) is 0 Å². The van der Waals surface area contributed by atoms with Gasteiger partial charge in [0.05, 0.1) is 24.7 Å². The van der Waals surface area contributed by atoms with Crippen LogP contribution in [0.5, 0.6) is 0 Å². The van der Waals surface area contributed by atoms with Gasteiger partial charge in [0.25, 0.3) is 0 Å². The Hall–Kier alpha value is -2.16. The molecule has 4 saturated carbocycles. The van der Waals surface area contributed by atoms with E-state index >= 15 is 0 Å². The van der Waals surface area contributed by atoms with Crippen LogP contribution in [0, 0.1) is 40.9 Å². The molecule has 0 amide bonds. The summed E-state index contributed by atoms with van der Waals surface area (Å²) < 4.78 is 0. The Morgan fingerprint density at radius 3 is 1.18 bits per heavy atom. The van der Waals surface area contributed by atoms with E-state index < -0.39 is 48.6 Å². The minimum atomic E-state index is -1.76. The lowest BCUT2D eigenvalue weighted by molar-refractivity contribution is -0.160. The fourth-order valence-corrected chi connectivity index (χ4v) is 11.0. The lowest BCUT2D eigenvalue weighted by Gasteiger charge is -2.55. The van der Waals surface area contributed by atoms with Crippen LogP contribution in [0.1, 0.15) is 193 Å². The van der Waals surface area contributed by atoms with Crippen LogP contribution in [0.3, 0.4) is 0 Å². The second-order valence-corrected chi connectivity index (χ2v) is 16.9. The van der Waals surface area contributed by atoms with Crippen molar-refractivity contribution in [3.8, 4) is 0 Å². The molecule has 3 atom stereocenters. The Morgan fingerprint density at radius 1 is 0.490 bits per heavy atom. The molecule has 4 aliphatic rings. The van der Waals surface area contributed by atoms with Gasteiger partial charge in [-0.1, -0.05) is 116 Å². The molecule has 0 heterocycles. The molecule has 6 N–H and O–H groups in total. The van der Waals surface area contributed by atoms with Gasteiger partial charge >= 0.3 is 23.9 Å². The maximum atomic E-state index is 10.6. The zero-order valence-corrected chi connectivity index (χ0v) is 31.8. The van der Waals surface area contributed by atoms with E-state index in [0.29, 0.717) is 6.04 Å². The van der Waals surface area contributed by atoms with E-state index in [4.69, 9.17) is 26.2 Å². The first-order valence-corrected chi connectivity index (χ1v) is 21.2. The maximum absolute atomic E-state index is 10.6. The van der Waals surface area contributed by atoms with Gasteiger partial charge in [-0.15, -0.1) is 0 Å². The molecule has 4 rings (SSSR count). The van der Waals surface area contributed by atoms with Gasteiger partial charge in [0.2, 0.25) is 0 Å². The van der Waals surface area contributed by atoms with Gasteiger partial charge < -0.3 is 26.2 Å². The number of nitrogens with two attached hydrogens (primary N) is 1. The second kappa shape index (κ2) is 23.5. The highest BCUT2D eigenvalue weighted by atomic mass is 16.4. The predicted octanol–water partition coefficient (Wildman–Crippen LogP) is 10.1. The highest BCUT2D eigenvalue weighted by Gasteiger charge is 2.49. The van der Waals surface area contributed by atoms with E-state index in [0.717, 1.165) is 29.1 Å². The predicted molar refractivity (Wildman–Crippen MR) is 200 cm³/mol. The SMILES string of the molecule is NC(CCCCCCCCC(C1CCCCC1)(C1CCCCC1)C1CCCCC1)C1CCCCC1.O=C(O)CC(C(=O)O)C(CC(=O)O)C(=O)O. The highest BCUT2D eigenvalue weighted by Crippen LogP contribution is 2.59. The summed E-state index contributed by atoms with van der Waals surface area (Å²) in [5.74, 6) is -5.73. The summed E-state index contributed by atoms with van der Waals surface area (Å²) in [6.07, 6.45) is 40.2. The molecule has 9 heteroatoms. The van der Waals surface area contributed by atoms with Gasteiger partial charge in [0.15, 0.2) is 0 Å². The zero-order chi connectivity index (χ0) is 37.1. The molecule has 4 fully saturated rings. The van der Waals surface area contributed by atoms with Crippen molar-refractivity contribution in [3.63, 3.8) is 0 Å².